The third kappa shape index (κ3) is 3.73. The zero-order valence-corrected chi connectivity index (χ0v) is 13.2. The van der Waals surface area contributed by atoms with Crippen LogP contribution in [0.15, 0.2) is 24.3 Å². The highest BCUT2D eigenvalue weighted by Gasteiger charge is 2.22. The second-order valence-electron chi connectivity index (χ2n) is 6.39. The first kappa shape index (κ1) is 16.6. The Labute approximate surface area is 133 Å². The smallest absolute Gasteiger partial charge is 0.270 e. The number of aliphatic hydroxyl groups is 1. The van der Waals surface area contributed by atoms with Gasteiger partial charge in [0.25, 0.3) is 5.69 Å². The van der Waals surface area contributed by atoms with Crippen molar-refractivity contribution >= 4 is 22.4 Å². The van der Waals surface area contributed by atoms with Crippen molar-refractivity contribution in [1.82, 2.24) is 4.98 Å². The lowest BCUT2D eigenvalue weighted by molar-refractivity contribution is -0.384. The molecule has 0 unspecified atom stereocenters. The summed E-state index contributed by atoms with van der Waals surface area (Å²) in [6.07, 6.45) is -0.581. The van der Waals surface area contributed by atoms with E-state index in [1.165, 1.54) is 24.3 Å². The van der Waals surface area contributed by atoms with E-state index in [-0.39, 0.29) is 11.1 Å². The van der Waals surface area contributed by atoms with Crippen molar-refractivity contribution in [2.75, 3.05) is 11.9 Å². The van der Waals surface area contributed by atoms with Gasteiger partial charge < -0.3 is 10.4 Å². The molecule has 1 aromatic heterocycles. The Balaban J connectivity index is 2.35. The average Bonchev–Trinajstić information content (AvgIpc) is 2.50. The van der Waals surface area contributed by atoms with E-state index in [4.69, 9.17) is 0 Å². The van der Waals surface area contributed by atoms with Crippen LogP contribution in [0.25, 0.3) is 10.9 Å². The van der Waals surface area contributed by atoms with Crippen LogP contribution < -0.4 is 5.32 Å². The number of anilines is 1. The van der Waals surface area contributed by atoms with Crippen molar-refractivity contribution in [3.05, 3.63) is 39.9 Å². The van der Waals surface area contributed by atoms with Crippen LogP contribution >= 0.6 is 0 Å². The number of non-ortho nitro benzene ring substituents is 1. The first-order valence-electron chi connectivity index (χ1n) is 7.13. The van der Waals surface area contributed by atoms with Crippen LogP contribution in [0.3, 0.4) is 0 Å². The number of nitro groups is 1. The topological polar surface area (TPSA) is 112 Å². The van der Waals surface area contributed by atoms with E-state index < -0.39 is 11.0 Å². The van der Waals surface area contributed by atoms with E-state index in [0.29, 0.717) is 28.8 Å². The van der Waals surface area contributed by atoms with Gasteiger partial charge in [-0.2, -0.15) is 5.26 Å². The summed E-state index contributed by atoms with van der Waals surface area (Å²) in [5.74, 6) is 0.450. The van der Waals surface area contributed by atoms with E-state index in [9.17, 15) is 20.5 Å². The Morgan fingerprint density at radius 2 is 2.13 bits per heavy atom. The molecule has 0 aliphatic carbocycles. The van der Waals surface area contributed by atoms with Gasteiger partial charge in [-0.3, -0.25) is 10.1 Å². The zero-order valence-electron chi connectivity index (χ0n) is 13.2. The standard InChI is InChI=1S/C16H18N4O3/c1-16(2,3)14(21)9-18-15-6-10(8-17)12-7-11(20(22)23)4-5-13(12)19-15/h4-7,14,21H,9H2,1-3H3,(H,18,19)/t14-/m0/s1. The quantitative estimate of drug-likeness (QED) is 0.663. The molecule has 1 atom stereocenters. The Kier molecular flexibility index (Phi) is 4.48. The monoisotopic (exact) mass is 314 g/mol. The minimum absolute atomic E-state index is 0.0836. The molecule has 1 heterocycles. The molecule has 23 heavy (non-hydrogen) atoms. The number of aromatic nitrogens is 1. The second kappa shape index (κ2) is 6.18. The van der Waals surface area contributed by atoms with Crippen LogP contribution in [-0.4, -0.2) is 27.7 Å². The highest BCUT2D eigenvalue weighted by Crippen LogP contribution is 2.25. The van der Waals surface area contributed by atoms with Crippen molar-refractivity contribution in [3.63, 3.8) is 0 Å². The third-order valence-corrected chi connectivity index (χ3v) is 3.60. The Morgan fingerprint density at radius 1 is 1.43 bits per heavy atom. The number of hydrogen-bond donors (Lipinski definition) is 2. The van der Waals surface area contributed by atoms with Crippen LogP contribution in [0, 0.1) is 26.9 Å². The summed E-state index contributed by atoms with van der Waals surface area (Å²) >= 11 is 0. The van der Waals surface area contributed by atoms with Gasteiger partial charge >= 0.3 is 0 Å². The highest BCUT2D eigenvalue weighted by atomic mass is 16.6. The van der Waals surface area contributed by atoms with E-state index in [1.54, 1.807) is 0 Å². The number of fused-ring (bicyclic) bond motifs is 1. The number of benzene rings is 1. The molecule has 7 heteroatoms. The molecule has 0 saturated carbocycles. The number of nitro benzene ring substituents is 1. The molecule has 2 N–H and O–H groups in total. The molecule has 0 amide bonds. The number of hydrogen-bond acceptors (Lipinski definition) is 6. The van der Waals surface area contributed by atoms with Crippen molar-refractivity contribution in [2.45, 2.75) is 26.9 Å². The zero-order chi connectivity index (χ0) is 17.2. The molecule has 2 rings (SSSR count). The Bertz CT molecular complexity index is 790. The molecule has 120 valence electrons. The molecule has 0 radical (unpaired) electrons. The average molecular weight is 314 g/mol. The fourth-order valence-electron chi connectivity index (χ4n) is 2.02. The molecular weight excluding hydrogens is 296 g/mol. The van der Waals surface area contributed by atoms with E-state index in [1.807, 2.05) is 26.8 Å². The molecule has 0 spiro atoms. The molecule has 0 bridgehead atoms. The molecular formula is C16H18N4O3. The van der Waals surface area contributed by atoms with Gasteiger partial charge in [-0.1, -0.05) is 20.8 Å². The number of nitrogens with zero attached hydrogens (tertiary/aromatic N) is 3. The first-order valence-corrected chi connectivity index (χ1v) is 7.13. The van der Waals surface area contributed by atoms with Crippen molar-refractivity contribution in [1.29, 1.82) is 5.26 Å². The summed E-state index contributed by atoms with van der Waals surface area (Å²) in [7, 11) is 0. The normalized spacial score (nSPS) is 12.7. The maximum Gasteiger partial charge on any atom is 0.270 e. The fraction of sp³-hybridized carbons (Fsp3) is 0.375. The number of pyridine rings is 1. The summed E-state index contributed by atoms with van der Waals surface area (Å²) in [4.78, 5) is 14.7. The van der Waals surface area contributed by atoms with Crippen LogP contribution in [0.4, 0.5) is 11.5 Å². The summed E-state index contributed by atoms with van der Waals surface area (Å²) < 4.78 is 0. The van der Waals surface area contributed by atoms with Crippen LogP contribution in [-0.2, 0) is 0 Å². The summed E-state index contributed by atoms with van der Waals surface area (Å²) in [5.41, 5.74) is 0.427. The van der Waals surface area contributed by atoms with E-state index in [0.717, 1.165) is 0 Å². The molecule has 1 aromatic carbocycles. The van der Waals surface area contributed by atoms with Gasteiger partial charge in [0.1, 0.15) is 5.82 Å². The minimum atomic E-state index is -0.581. The summed E-state index contributed by atoms with van der Waals surface area (Å²) in [6.45, 7) is 6.06. The fourth-order valence-corrected chi connectivity index (χ4v) is 2.02. The van der Waals surface area contributed by atoms with Gasteiger partial charge in [0.15, 0.2) is 0 Å². The lowest BCUT2D eigenvalue weighted by Gasteiger charge is -2.26. The van der Waals surface area contributed by atoms with Gasteiger partial charge in [0, 0.05) is 24.1 Å². The lowest BCUT2D eigenvalue weighted by Crippen LogP contribution is -2.33. The Hall–Kier alpha value is -2.72. The minimum Gasteiger partial charge on any atom is -0.391 e. The first-order chi connectivity index (χ1) is 10.7. The summed E-state index contributed by atoms with van der Waals surface area (Å²) in [5, 5.41) is 33.6. The lowest BCUT2D eigenvalue weighted by atomic mass is 9.89. The molecule has 0 aliphatic rings. The van der Waals surface area contributed by atoms with Crippen molar-refractivity contribution in [3.8, 4) is 6.07 Å². The predicted octanol–water partition coefficient (Wildman–Crippen LogP) is 2.83. The van der Waals surface area contributed by atoms with Crippen molar-refractivity contribution in [2.24, 2.45) is 5.41 Å². The Morgan fingerprint density at radius 3 is 2.70 bits per heavy atom. The van der Waals surface area contributed by atoms with Crippen LogP contribution in [0.5, 0.6) is 0 Å². The van der Waals surface area contributed by atoms with Crippen LogP contribution in [0.2, 0.25) is 0 Å². The van der Waals surface area contributed by atoms with Gasteiger partial charge in [0.05, 0.1) is 28.2 Å². The van der Waals surface area contributed by atoms with Crippen LogP contribution in [0.1, 0.15) is 26.3 Å². The maximum atomic E-state index is 10.8. The molecule has 7 nitrogen and oxygen atoms in total. The third-order valence-electron chi connectivity index (χ3n) is 3.60. The second-order valence-corrected chi connectivity index (χ2v) is 6.39. The van der Waals surface area contributed by atoms with Gasteiger partial charge in [-0.05, 0) is 17.5 Å². The molecule has 0 saturated heterocycles. The molecule has 0 aliphatic heterocycles. The molecule has 2 aromatic rings. The number of nitrogens with one attached hydrogen (secondary N) is 1. The SMILES string of the molecule is CC(C)(C)[C@@H](O)CNc1cc(C#N)c2cc([N+](=O)[O-])ccc2n1. The maximum absolute atomic E-state index is 10.8. The van der Waals surface area contributed by atoms with Crippen molar-refractivity contribution < 1.29 is 10.0 Å². The highest BCUT2D eigenvalue weighted by molar-refractivity contribution is 5.88. The van der Waals surface area contributed by atoms with E-state index in [2.05, 4.69) is 10.3 Å². The number of nitriles is 1. The van der Waals surface area contributed by atoms with Gasteiger partial charge in [-0.15, -0.1) is 0 Å². The van der Waals surface area contributed by atoms with E-state index >= 15 is 0 Å². The molecule has 0 fully saturated rings. The van der Waals surface area contributed by atoms with Gasteiger partial charge in [0.2, 0.25) is 0 Å². The van der Waals surface area contributed by atoms with Gasteiger partial charge in [-0.25, -0.2) is 4.98 Å². The number of rotatable bonds is 4. The summed E-state index contributed by atoms with van der Waals surface area (Å²) in [6, 6.07) is 7.77. The predicted molar refractivity (Wildman–Crippen MR) is 87.1 cm³/mol. The largest absolute Gasteiger partial charge is 0.391 e. The number of aliphatic hydroxyl groups excluding tert-OH is 1.